The topological polar surface area (TPSA) is 70.7 Å². The first-order chi connectivity index (χ1) is 8.25. The van der Waals surface area contributed by atoms with Crippen LogP contribution >= 0.6 is 0 Å². The van der Waals surface area contributed by atoms with Gasteiger partial charge in [-0.2, -0.15) is 0 Å². The van der Waals surface area contributed by atoms with Crippen molar-refractivity contribution in [3.05, 3.63) is 0 Å². The molecule has 0 atom stereocenters. The lowest BCUT2D eigenvalue weighted by molar-refractivity contribution is -0.120. The first-order valence-electron chi connectivity index (χ1n) is 6.60. The second-order valence-corrected chi connectivity index (χ2v) is 4.87. The average Bonchev–Trinajstić information content (AvgIpc) is 2.55. The first kappa shape index (κ1) is 12.2. The third kappa shape index (κ3) is 3.61. The van der Waals surface area contributed by atoms with Crippen LogP contribution in [0.5, 0.6) is 0 Å². The molecular formula is C12H22N4O. The Morgan fingerprint density at radius 1 is 1.29 bits per heavy atom. The molecule has 0 aromatic heterocycles. The SMILES string of the molecule is NC(=NC1CCCCC1)N1CCNC(=O)CC1. The molecule has 0 radical (unpaired) electrons. The number of hydrogen-bond donors (Lipinski definition) is 2. The number of nitrogens with one attached hydrogen (secondary N) is 1. The van der Waals surface area contributed by atoms with Crippen LogP contribution in [0.15, 0.2) is 4.99 Å². The van der Waals surface area contributed by atoms with E-state index in [2.05, 4.69) is 10.3 Å². The van der Waals surface area contributed by atoms with Gasteiger partial charge >= 0.3 is 0 Å². The van der Waals surface area contributed by atoms with E-state index >= 15 is 0 Å². The normalized spacial score (nSPS) is 24.4. The quantitative estimate of drug-likeness (QED) is 0.515. The van der Waals surface area contributed by atoms with Crippen LogP contribution < -0.4 is 11.1 Å². The summed E-state index contributed by atoms with van der Waals surface area (Å²) in [6.45, 7) is 2.13. The van der Waals surface area contributed by atoms with Crippen molar-refractivity contribution in [3.63, 3.8) is 0 Å². The maximum absolute atomic E-state index is 11.2. The van der Waals surface area contributed by atoms with E-state index in [-0.39, 0.29) is 5.91 Å². The van der Waals surface area contributed by atoms with E-state index in [9.17, 15) is 4.79 Å². The predicted octanol–water partition coefficient (Wildman–Crippen LogP) is 0.456. The third-order valence-corrected chi connectivity index (χ3v) is 3.53. The maximum Gasteiger partial charge on any atom is 0.221 e. The van der Waals surface area contributed by atoms with Gasteiger partial charge in [0.2, 0.25) is 5.91 Å². The predicted molar refractivity (Wildman–Crippen MR) is 67.7 cm³/mol. The van der Waals surface area contributed by atoms with Crippen LogP contribution in [0.25, 0.3) is 0 Å². The lowest BCUT2D eigenvalue weighted by Gasteiger charge is -2.24. The van der Waals surface area contributed by atoms with Gasteiger partial charge in [0.15, 0.2) is 5.96 Å². The van der Waals surface area contributed by atoms with Crippen molar-refractivity contribution < 1.29 is 4.79 Å². The summed E-state index contributed by atoms with van der Waals surface area (Å²) >= 11 is 0. The van der Waals surface area contributed by atoms with Gasteiger partial charge in [0.25, 0.3) is 0 Å². The summed E-state index contributed by atoms with van der Waals surface area (Å²) in [7, 11) is 0. The molecule has 1 saturated carbocycles. The average molecular weight is 238 g/mol. The molecule has 5 nitrogen and oxygen atoms in total. The lowest BCUT2D eigenvalue weighted by atomic mass is 9.96. The molecule has 0 aromatic rings. The van der Waals surface area contributed by atoms with Crippen LogP contribution in [0.3, 0.4) is 0 Å². The van der Waals surface area contributed by atoms with E-state index in [1.165, 1.54) is 19.3 Å². The van der Waals surface area contributed by atoms with Crippen molar-refractivity contribution in [2.24, 2.45) is 10.7 Å². The highest BCUT2D eigenvalue weighted by Gasteiger charge is 2.17. The molecule has 2 rings (SSSR count). The fraction of sp³-hybridized carbons (Fsp3) is 0.833. The van der Waals surface area contributed by atoms with Crippen LogP contribution in [0.4, 0.5) is 0 Å². The number of guanidine groups is 1. The molecule has 5 heteroatoms. The van der Waals surface area contributed by atoms with Crippen molar-refractivity contribution in [2.45, 2.75) is 44.6 Å². The smallest absolute Gasteiger partial charge is 0.221 e. The van der Waals surface area contributed by atoms with E-state index in [1.54, 1.807) is 0 Å². The molecule has 2 aliphatic rings. The largest absolute Gasteiger partial charge is 0.370 e. The molecule has 17 heavy (non-hydrogen) atoms. The number of aliphatic imine (C=N–C) groups is 1. The van der Waals surface area contributed by atoms with Crippen LogP contribution in [0, 0.1) is 0 Å². The molecule has 1 aliphatic carbocycles. The molecule has 1 aliphatic heterocycles. The maximum atomic E-state index is 11.2. The highest BCUT2D eigenvalue weighted by atomic mass is 16.1. The van der Waals surface area contributed by atoms with Crippen molar-refractivity contribution in [3.8, 4) is 0 Å². The van der Waals surface area contributed by atoms with E-state index in [0.29, 0.717) is 31.5 Å². The fourth-order valence-corrected chi connectivity index (χ4v) is 2.47. The monoisotopic (exact) mass is 238 g/mol. The number of nitrogens with zero attached hydrogens (tertiary/aromatic N) is 2. The Bertz CT molecular complexity index is 297. The Morgan fingerprint density at radius 2 is 2.06 bits per heavy atom. The minimum atomic E-state index is 0.109. The van der Waals surface area contributed by atoms with Gasteiger partial charge in [0.05, 0.1) is 6.04 Å². The Hall–Kier alpha value is -1.26. The van der Waals surface area contributed by atoms with E-state index < -0.39 is 0 Å². The van der Waals surface area contributed by atoms with Crippen LogP contribution in [0.2, 0.25) is 0 Å². The van der Waals surface area contributed by atoms with Gasteiger partial charge in [-0.3, -0.25) is 4.79 Å². The first-order valence-corrected chi connectivity index (χ1v) is 6.60. The van der Waals surface area contributed by atoms with E-state index in [1.807, 2.05) is 4.90 Å². The summed E-state index contributed by atoms with van der Waals surface area (Å²) < 4.78 is 0. The summed E-state index contributed by atoms with van der Waals surface area (Å²) in [5.74, 6) is 0.728. The highest BCUT2D eigenvalue weighted by Crippen LogP contribution is 2.20. The minimum Gasteiger partial charge on any atom is -0.370 e. The summed E-state index contributed by atoms with van der Waals surface area (Å²) in [4.78, 5) is 17.9. The Morgan fingerprint density at radius 3 is 2.82 bits per heavy atom. The molecule has 0 aromatic carbocycles. The zero-order valence-electron chi connectivity index (χ0n) is 10.3. The van der Waals surface area contributed by atoms with E-state index in [0.717, 1.165) is 19.4 Å². The second-order valence-electron chi connectivity index (χ2n) is 4.87. The molecule has 0 bridgehead atoms. The highest BCUT2D eigenvalue weighted by molar-refractivity contribution is 5.81. The molecule has 1 saturated heterocycles. The zero-order valence-corrected chi connectivity index (χ0v) is 10.3. The van der Waals surface area contributed by atoms with Crippen molar-refractivity contribution in [1.82, 2.24) is 10.2 Å². The van der Waals surface area contributed by atoms with Gasteiger partial charge in [-0.05, 0) is 12.8 Å². The van der Waals surface area contributed by atoms with Crippen molar-refractivity contribution in [1.29, 1.82) is 0 Å². The van der Waals surface area contributed by atoms with Crippen molar-refractivity contribution in [2.75, 3.05) is 19.6 Å². The molecule has 96 valence electrons. The summed E-state index contributed by atoms with van der Waals surface area (Å²) in [6.07, 6.45) is 6.69. The standard InChI is InChI=1S/C12H22N4O/c13-12(15-10-4-2-1-3-5-10)16-8-6-11(17)14-7-9-16/h10H,1-9H2,(H2,13,15)(H,14,17). The molecule has 0 spiro atoms. The number of amides is 1. The molecular weight excluding hydrogens is 216 g/mol. The molecule has 2 fully saturated rings. The Kier molecular flexibility index (Phi) is 4.23. The molecule has 1 heterocycles. The number of rotatable bonds is 1. The third-order valence-electron chi connectivity index (χ3n) is 3.53. The zero-order chi connectivity index (χ0) is 12.1. The van der Waals surface area contributed by atoms with Crippen molar-refractivity contribution >= 4 is 11.9 Å². The van der Waals surface area contributed by atoms with Gasteiger partial charge in [-0.15, -0.1) is 0 Å². The van der Waals surface area contributed by atoms with Crippen LogP contribution in [-0.2, 0) is 4.79 Å². The van der Waals surface area contributed by atoms with E-state index in [4.69, 9.17) is 5.73 Å². The summed E-state index contributed by atoms with van der Waals surface area (Å²) in [5.41, 5.74) is 6.03. The summed E-state index contributed by atoms with van der Waals surface area (Å²) in [5, 5.41) is 2.84. The molecule has 0 unspecified atom stereocenters. The van der Waals surface area contributed by atoms with Gasteiger partial charge in [-0.1, -0.05) is 19.3 Å². The molecule has 1 amide bonds. The van der Waals surface area contributed by atoms with Crippen LogP contribution in [-0.4, -0.2) is 42.4 Å². The number of carbonyl (C=O) groups is 1. The van der Waals surface area contributed by atoms with Gasteiger partial charge in [-0.25, -0.2) is 4.99 Å². The van der Waals surface area contributed by atoms with Gasteiger partial charge < -0.3 is 16.0 Å². The van der Waals surface area contributed by atoms with Crippen LogP contribution in [0.1, 0.15) is 38.5 Å². The second kappa shape index (κ2) is 5.89. The number of nitrogens with two attached hydrogens (primary N) is 1. The number of hydrogen-bond acceptors (Lipinski definition) is 2. The van der Waals surface area contributed by atoms with Gasteiger partial charge in [0, 0.05) is 26.1 Å². The molecule has 3 N–H and O–H groups in total. The Labute approximate surface area is 102 Å². The fourth-order valence-electron chi connectivity index (χ4n) is 2.47. The number of carbonyl (C=O) groups excluding carboxylic acids is 1. The minimum absolute atomic E-state index is 0.109. The Balaban J connectivity index is 1.90. The van der Waals surface area contributed by atoms with Gasteiger partial charge in [0.1, 0.15) is 0 Å². The lowest BCUT2D eigenvalue weighted by Crippen LogP contribution is -2.40. The summed E-state index contributed by atoms with van der Waals surface area (Å²) in [6, 6.07) is 0.399.